The Bertz CT molecular complexity index is 524. The largest absolute Gasteiger partial charge is 0.313 e. The Balaban J connectivity index is 2.38. The van der Waals surface area contributed by atoms with Crippen molar-refractivity contribution < 1.29 is 4.39 Å². The summed E-state index contributed by atoms with van der Waals surface area (Å²) in [4.78, 5) is 0. The van der Waals surface area contributed by atoms with Gasteiger partial charge >= 0.3 is 0 Å². The van der Waals surface area contributed by atoms with Gasteiger partial charge in [0, 0.05) is 12.2 Å². The third-order valence-electron chi connectivity index (χ3n) is 2.70. The van der Waals surface area contributed by atoms with E-state index in [4.69, 9.17) is 0 Å². The molecule has 5 heteroatoms. The summed E-state index contributed by atoms with van der Waals surface area (Å²) in [5.74, 6) is -0.260. The Labute approximate surface area is 113 Å². The lowest BCUT2D eigenvalue weighted by Crippen LogP contribution is -2.12. The average molecular weight is 345 g/mol. The van der Waals surface area contributed by atoms with Crippen LogP contribution < -0.4 is 5.32 Å². The molecule has 2 rings (SSSR count). The minimum Gasteiger partial charge on any atom is -0.313 e. The van der Waals surface area contributed by atoms with Gasteiger partial charge in [0.1, 0.15) is 11.5 Å². The maximum absolute atomic E-state index is 14.0. The van der Waals surface area contributed by atoms with Crippen molar-refractivity contribution in [2.75, 3.05) is 7.05 Å². The number of hydrogen-bond acceptors (Lipinski definition) is 2. The monoisotopic (exact) mass is 345 g/mol. The van der Waals surface area contributed by atoms with Crippen molar-refractivity contribution in [3.63, 3.8) is 0 Å². The molecule has 1 aromatic heterocycles. The molecule has 90 valence electrons. The van der Waals surface area contributed by atoms with Gasteiger partial charge in [0.25, 0.3) is 0 Å². The highest BCUT2D eigenvalue weighted by Crippen LogP contribution is 2.19. The van der Waals surface area contributed by atoms with Crippen LogP contribution in [0.3, 0.4) is 0 Å². The molecule has 0 radical (unpaired) electrons. The number of aromatic nitrogens is 2. The number of halogens is 2. The summed E-state index contributed by atoms with van der Waals surface area (Å²) < 4.78 is 16.5. The summed E-state index contributed by atoms with van der Waals surface area (Å²) in [7, 11) is 1.85. The highest BCUT2D eigenvalue weighted by Gasteiger charge is 2.09. The van der Waals surface area contributed by atoms with Crippen LogP contribution in [-0.2, 0) is 0 Å². The molecule has 0 spiro atoms. The molecule has 1 heterocycles. The van der Waals surface area contributed by atoms with Crippen LogP contribution in [0, 0.1) is 9.39 Å². The van der Waals surface area contributed by atoms with Crippen molar-refractivity contribution in [1.82, 2.24) is 15.1 Å². The molecular weight excluding hydrogens is 332 g/mol. The van der Waals surface area contributed by atoms with Gasteiger partial charge < -0.3 is 5.32 Å². The summed E-state index contributed by atoms with van der Waals surface area (Å²) in [6, 6.07) is 5.34. The summed E-state index contributed by atoms with van der Waals surface area (Å²) >= 11 is 2.15. The number of benzene rings is 1. The van der Waals surface area contributed by atoms with Crippen molar-refractivity contribution in [2.45, 2.75) is 13.0 Å². The molecule has 0 aliphatic heterocycles. The fourth-order valence-corrected chi connectivity index (χ4v) is 1.97. The van der Waals surface area contributed by atoms with E-state index >= 15 is 0 Å². The van der Waals surface area contributed by atoms with E-state index in [0.29, 0.717) is 5.69 Å². The van der Waals surface area contributed by atoms with Crippen LogP contribution in [0.4, 0.5) is 4.39 Å². The maximum Gasteiger partial charge on any atom is 0.149 e. The van der Waals surface area contributed by atoms with Crippen molar-refractivity contribution in [3.05, 3.63) is 45.5 Å². The lowest BCUT2D eigenvalue weighted by Gasteiger charge is -2.12. The third kappa shape index (κ3) is 2.66. The van der Waals surface area contributed by atoms with E-state index in [1.807, 2.05) is 20.0 Å². The van der Waals surface area contributed by atoms with E-state index in [9.17, 15) is 4.39 Å². The van der Waals surface area contributed by atoms with Gasteiger partial charge in [-0.15, -0.1) is 0 Å². The molecule has 1 atom stereocenters. The predicted molar refractivity (Wildman–Crippen MR) is 73.7 cm³/mol. The van der Waals surface area contributed by atoms with E-state index in [2.05, 4.69) is 33.0 Å². The topological polar surface area (TPSA) is 29.9 Å². The van der Waals surface area contributed by atoms with Crippen LogP contribution in [0.2, 0.25) is 0 Å². The van der Waals surface area contributed by atoms with E-state index in [1.54, 1.807) is 29.2 Å². The Hall–Kier alpha value is -0.950. The van der Waals surface area contributed by atoms with Crippen molar-refractivity contribution in [1.29, 1.82) is 0 Å². The highest BCUT2D eigenvalue weighted by atomic mass is 127. The molecule has 1 aromatic carbocycles. The second-order valence-electron chi connectivity index (χ2n) is 3.82. The van der Waals surface area contributed by atoms with Crippen molar-refractivity contribution in [2.24, 2.45) is 0 Å². The molecule has 17 heavy (non-hydrogen) atoms. The predicted octanol–water partition coefficient (Wildman–Crippen LogP) is 2.90. The molecular formula is C12H13FIN3. The third-order valence-corrected chi connectivity index (χ3v) is 3.26. The van der Waals surface area contributed by atoms with E-state index in [0.717, 1.165) is 9.13 Å². The minimum absolute atomic E-state index is 0.135. The quantitative estimate of drug-likeness (QED) is 0.867. The first-order chi connectivity index (χ1) is 8.11. The highest BCUT2D eigenvalue weighted by molar-refractivity contribution is 14.1. The van der Waals surface area contributed by atoms with E-state index < -0.39 is 0 Å². The molecule has 0 bridgehead atoms. The fraction of sp³-hybridized carbons (Fsp3) is 0.250. The van der Waals surface area contributed by atoms with Crippen LogP contribution in [0.1, 0.15) is 18.5 Å². The maximum atomic E-state index is 14.0. The molecule has 0 aliphatic rings. The molecule has 0 amide bonds. The van der Waals surface area contributed by atoms with Gasteiger partial charge in [0.15, 0.2) is 0 Å². The van der Waals surface area contributed by atoms with E-state index in [1.165, 1.54) is 0 Å². The average Bonchev–Trinajstić information content (AvgIpc) is 2.74. The van der Waals surface area contributed by atoms with Crippen LogP contribution in [0.5, 0.6) is 0 Å². The van der Waals surface area contributed by atoms with E-state index in [-0.39, 0.29) is 11.9 Å². The number of nitrogens with one attached hydrogen (secondary N) is 1. The molecule has 1 unspecified atom stereocenters. The van der Waals surface area contributed by atoms with Crippen LogP contribution in [-0.4, -0.2) is 16.8 Å². The Morgan fingerprint density at radius 3 is 2.76 bits per heavy atom. The first-order valence-electron chi connectivity index (χ1n) is 5.29. The normalized spacial score (nSPS) is 12.7. The van der Waals surface area contributed by atoms with Gasteiger partial charge in [-0.2, -0.15) is 5.10 Å². The number of nitrogens with zero attached hydrogens (tertiary/aromatic N) is 2. The Morgan fingerprint density at radius 2 is 2.24 bits per heavy atom. The second kappa shape index (κ2) is 5.14. The first kappa shape index (κ1) is 12.5. The minimum atomic E-state index is -0.260. The van der Waals surface area contributed by atoms with Crippen molar-refractivity contribution >= 4 is 22.6 Å². The SMILES string of the molecule is CNC(C)c1ccc(-n2cc(I)cn2)c(F)c1. The molecule has 0 saturated heterocycles. The van der Waals surface area contributed by atoms with Crippen molar-refractivity contribution in [3.8, 4) is 5.69 Å². The summed E-state index contributed by atoms with van der Waals surface area (Å²) in [5, 5.41) is 7.18. The first-order valence-corrected chi connectivity index (χ1v) is 6.37. The number of rotatable bonds is 3. The van der Waals surface area contributed by atoms with Gasteiger partial charge in [-0.3, -0.25) is 0 Å². The summed E-state index contributed by atoms with van der Waals surface area (Å²) in [6.45, 7) is 1.99. The molecule has 0 saturated carbocycles. The van der Waals surface area contributed by atoms with Crippen LogP contribution >= 0.6 is 22.6 Å². The van der Waals surface area contributed by atoms with Crippen LogP contribution in [0.25, 0.3) is 5.69 Å². The number of hydrogen-bond donors (Lipinski definition) is 1. The van der Waals surface area contributed by atoms with Gasteiger partial charge in [-0.25, -0.2) is 9.07 Å². The lowest BCUT2D eigenvalue weighted by atomic mass is 10.1. The molecule has 3 nitrogen and oxygen atoms in total. The molecule has 1 N–H and O–H groups in total. The molecule has 0 aliphatic carbocycles. The zero-order valence-electron chi connectivity index (χ0n) is 9.61. The Kier molecular flexibility index (Phi) is 3.78. The summed E-state index contributed by atoms with van der Waals surface area (Å²) in [6.07, 6.45) is 3.49. The second-order valence-corrected chi connectivity index (χ2v) is 5.07. The standard InChI is InChI=1S/C12H13FIN3/c1-8(15-2)9-3-4-12(11(13)5-9)17-7-10(14)6-16-17/h3-8,15H,1-2H3. The molecule has 0 fully saturated rings. The van der Waals surface area contributed by atoms with Crippen LogP contribution in [0.15, 0.2) is 30.6 Å². The summed E-state index contributed by atoms with van der Waals surface area (Å²) in [5.41, 5.74) is 1.40. The van der Waals surface area contributed by atoms with Gasteiger partial charge in [-0.1, -0.05) is 6.07 Å². The Morgan fingerprint density at radius 1 is 1.47 bits per heavy atom. The van der Waals surface area contributed by atoms with Gasteiger partial charge in [0.2, 0.25) is 0 Å². The lowest BCUT2D eigenvalue weighted by molar-refractivity contribution is 0.596. The van der Waals surface area contributed by atoms with Gasteiger partial charge in [0.05, 0.1) is 9.77 Å². The fourth-order valence-electron chi connectivity index (χ4n) is 1.58. The molecule has 2 aromatic rings. The smallest absolute Gasteiger partial charge is 0.149 e. The zero-order chi connectivity index (χ0) is 12.4. The van der Waals surface area contributed by atoms with Gasteiger partial charge in [-0.05, 0) is 54.3 Å². The zero-order valence-corrected chi connectivity index (χ0v) is 11.8.